The van der Waals surface area contributed by atoms with Gasteiger partial charge in [-0.05, 0) is 37.6 Å². The highest BCUT2D eigenvalue weighted by Crippen LogP contribution is 2.39. The molecule has 7 nitrogen and oxygen atoms in total. The number of methoxy groups -OCH3 is 3. The van der Waals surface area contributed by atoms with E-state index in [-0.39, 0.29) is 6.04 Å². The molecule has 1 aliphatic rings. The highest BCUT2D eigenvalue weighted by atomic mass is 16.5. The van der Waals surface area contributed by atoms with Gasteiger partial charge < -0.3 is 18.7 Å². The van der Waals surface area contributed by atoms with Crippen LogP contribution in [0.2, 0.25) is 0 Å². The Hall–Kier alpha value is -3.06. The molecule has 0 amide bonds. The zero-order valence-electron chi connectivity index (χ0n) is 16.9. The average Bonchev–Trinajstić information content (AvgIpc) is 3.43. The fraction of sp³-hybridized carbons (Fsp3) is 0.364. The quantitative estimate of drug-likeness (QED) is 0.596. The Balaban J connectivity index is 1.53. The number of likely N-dealkylation sites (tertiary alicyclic amines) is 1. The molecular weight excluding hydrogens is 370 g/mol. The summed E-state index contributed by atoms with van der Waals surface area (Å²) in [4.78, 5) is 6.95. The van der Waals surface area contributed by atoms with Gasteiger partial charge >= 0.3 is 0 Å². The van der Waals surface area contributed by atoms with Gasteiger partial charge in [0.25, 0.3) is 0 Å². The summed E-state index contributed by atoms with van der Waals surface area (Å²) in [5.74, 6) is 3.55. The van der Waals surface area contributed by atoms with E-state index in [0.717, 1.165) is 47.8 Å². The molecule has 0 radical (unpaired) electrons. The molecule has 7 heteroatoms. The van der Waals surface area contributed by atoms with Gasteiger partial charge in [0.15, 0.2) is 0 Å². The van der Waals surface area contributed by atoms with Crippen molar-refractivity contribution in [2.24, 2.45) is 0 Å². The van der Waals surface area contributed by atoms with Crippen molar-refractivity contribution in [1.82, 2.24) is 15.0 Å². The molecule has 0 spiro atoms. The second kappa shape index (κ2) is 8.53. The first-order valence-corrected chi connectivity index (χ1v) is 9.65. The van der Waals surface area contributed by atoms with E-state index in [9.17, 15) is 0 Å². The van der Waals surface area contributed by atoms with Gasteiger partial charge in [-0.3, -0.25) is 4.90 Å². The highest BCUT2D eigenvalue weighted by Gasteiger charge is 2.30. The van der Waals surface area contributed by atoms with Crippen molar-refractivity contribution in [2.75, 3.05) is 27.9 Å². The summed E-state index contributed by atoms with van der Waals surface area (Å²) in [6, 6.07) is 13.9. The van der Waals surface area contributed by atoms with Crippen molar-refractivity contribution in [2.45, 2.75) is 25.4 Å². The standard InChI is InChI=1S/C22H25N3O4/c1-26-16-7-4-6-15(12-16)22-23-21(29-24-22)14-25-11-5-8-19(25)18-10-9-17(27-2)13-20(18)28-3/h4,6-7,9-10,12-13,19H,5,8,11,14H2,1-3H3/t19-/m0/s1. The Morgan fingerprint density at radius 2 is 1.86 bits per heavy atom. The normalized spacial score (nSPS) is 16.7. The Bertz CT molecular complexity index is 972. The zero-order chi connectivity index (χ0) is 20.2. The van der Waals surface area contributed by atoms with Gasteiger partial charge in [-0.1, -0.05) is 23.4 Å². The molecule has 1 atom stereocenters. The molecule has 1 saturated heterocycles. The summed E-state index contributed by atoms with van der Waals surface area (Å²) in [6.45, 7) is 1.56. The minimum Gasteiger partial charge on any atom is -0.497 e. The third-order valence-corrected chi connectivity index (χ3v) is 5.30. The van der Waals surface area contributed by atoms with Gasteiger partial charge in [0, 0.05) is 23.2 Å². The molecule has 29 heavy (non-hydrogen) atoms. The SMILES string of the molecule is COc1cccc(-c2noc(CN3CCC[C@H]3c3ccc(OC)cc3OC)n2)c1. The summed E-state index contributed by atoms with van der Waals surface area (Å²) < 4.78 is 21.7. The van der Waals surface area contributed by atoms with Gasteiger partial charge in [0.2, 0.25) is 11.7 Å². The number of ether oxygens (including phenoxy) is 3. The van der Waals surface area contributed by atoms with Crippen LogP contribution in [-0.4, -0.2) is 42.9 Å². The molecule has 0 N–H and O–H groups in total. The first-order chi connectivity index (χ1) is 14.2. The van der Waals surface area contributed by atoms with Crippen molar-refractivity contribution in [1.29, 1.82) is 0 Å². The van der Waals surface area contributed by atoms with E-state index in [2.05, 4.69) is 21.1 Å². The first-order valence-electron chi connectivity index (χ1n) is 9.65. The Morgan fingerprint density at radius 3 is 2.66 bits per heavy atom. The number of rotatable bonds is 7. The molecule has 152 valence electrons. The lowest BCUT2D eigenvalue weighted by Crippen LogP contribution is -2.23. The zero-order valence-corrected chi connectivity index (χ0v) is 16.9. The number of benzene rings is 2. The highest BCUT2D eigenvalue weighted by molar-refractivity contribution is 5.56. The van der Waals surface area contributed by atoms with Crippen LogP contribution in [0.25, 0.3) is 11.4 Å². The third kappa shape index (κ3) is 4.05. The predicted octanol–water partition coefficient (Wildman–Crippen LogP) is 4.10. The lowest BCUT2D eigenvalue weighted by molar-refractivity contribution is 0.209. The molecule has 2 heterocycles. The summed E-state index contributed by atoms with van der Waals surface area (Å²) in [5, 5.41) is 4.15. The molecule has 0 aliphatic carbocycles. The molecule has 2 aromatic carbocycles. The van der Waals surface area contributed by atoms with Crippen molar-refractivity contribution in [3.05, 3.63) is 53.9 Å². The Morgan fingerprint density at radius 1 is 1.03 bits per heavy atom. The maximum absolute atomic E-state index is 5.61. The summed E-state index contributed by atoms with van der Waals surface area (Å²) in [7, 11) is 4.99. The molecule has 3 aromatic rings. The summed E-state index contributed by atoms with van der Waals surface area (Å²) in [5.41, 5.74) is 2.02. The maximum Gasteiger partial charge on any atom is 0.241 e. The average molecular weight is 395 g/mol. The lowest BCUT2D eigenvalue weighted by Gasteiger charge is -2.25. The Kier molecular flexibility index (Phi) is 5.67. The van der Waals surface area contributed by atoms with E-state index in [1.54, 1.807) is 21.3 Å². The molecule has 0 saturated carbocycles. The molecule has 0 unspecified atom stereocenters. The van der Waals surface area contributed by atoms with Gasteiger partial charge in [-0.2, -0.15) is 4.98 Å². The first kappa shape index (κ1) is 19.3. The largest absolute Gasteiger partial charge is 0.497 e. The minimum atomic E-state index is 0.239. The number of hydrogen-bond acceptors (Lipinski definition) is 7. The molecule has 1 aromatic heterocycles. The predicted molar refractivity (Wildman–Crippen MR) is 108 cm³/mol. The van der Waals surface area contributed by atoms with E-state index < -0.39 is 0 Å². The number of nitrogens with zero attached hydrogens (tertiary/aromatic N) is 3. The molecule has 0 bridgehead atoms. The fourth-order valence-corrected chi connectivity index (χ4v) is 3.83. The maximum atomic E-state index is 5.61. The summed E-state index contributed by atoms with van der Waals surface area (Å²) in [6.07, 6.45) is 2.16. The molecule has 1 aliphatic heterocycles. The van der Waals surface area contributed by atoms with E-state index >= 15 is 0 Å². The second-order valence-corrected chi connectivity index (χ2v) is 6.98. The van der Waals surface area contributed by atoms with Gasteiger partial charge in [-0.25, -0.2) is 0 Å². The van der Waals surface area contributed by atoms with Crippen LogP contribution in [0.3, 0.4) is 0 Å². The lowest BCUT2D eigenvalue weighted by atomic mass is 10.0. The van der Waals surface area contributed by atoms with Crippen LogP contribution < -0.4 is 14.2 Å². The van der Waals surface area contributed by atoms with Crippen LogP contribution in [0.4, 0.5) is 0 Å². The van der Waals surface area contributed by atoms with Crippen LogP contribution in [-0.2, 0) is 6.54 Å². The fourth-order valence-electron chi connectivity index (χ4n) is 3.83. The monoisotopic (exact) mass is 395 g/mol. The topological polar surface area (TPSA) is 69.9 Å². The van der Waals surface area contributed by atoms with E-state index in [1.807, 2.05) is 36.4 Å². The molecule has 1 fully saturated rings. The molecular formula is C22H25N3O4. The smallest absolute Gasteiger partial charge is 0.241 e. The van der Waals surface area contributed by atoms with Crippen LogP contribution in [0.15, 0.2) is 47.0 Å². The number of aromatic nitrogens is 2. The van der Waals surface area contributed by atoms with E-state index in [4.69, 9.17) is 18.7 Å². The van der Waals surface area contributed by atoms with Crippen LogP contribution in [0.1, 0.15) is 30.3 Å². The van der Waals surface area contributed by atoms with Crippen LogP contribution >= 0.6 is 0 Å². The minimum absolute atomic E-state index is 0.239. The van der Waals surface area contributed by atoms with Gasteiger partial charge in [-0.15, -0.1) is 0 Å². The number of hydrogen-bond donors (Lipinski definition) is 0. The van der Waals surface area contributed by atoms with Crippen LogP contribution in [0, 0.1) is 0 Å². The summed E-state index contributed by atoms with van der Waals surface area (Å²) >= 11 is 0. The van der Waals surface area contributed by atoms with Crippen molar-refractivity contribution >= 4 is 0 Å². The van der Waals surface area contributed by atoms with Crippen LogP contribution in [0.5, 0.6) is 17.2 Å². The molecule has 4 rings (SSSR count). The van der Waals surface area contributed by atoms with Crippen molar-refractivity contribution in [3.63, 3.8) is 0 Å². The van der Waals surface area contributed by atoms with Crippen molar-refractivity contribution in [3.8, 4) is 28.6 Å². The second-order valence-electron chi connectivity index (χ2n) is 6.98. The van der Waals surface area contributed by atoms with E-state index in [1.165, 1.54) is 0 Å². The van der Waals surface area contributed by atoms with Gasteiger partial charge in [0.1, 0.15) is 17.2 Å². The Labute approximate surface area is 170 Å². The van der Waals surface area contributed by atoms with Gasteiger partial charge in [0.05, 0.1) is 27.9 Å². The van der Waals surface area contributed by atoms with E-state index in [0.29, 0.717) is 18.3 Å². The third-order valence-electron chi connectivity index (χ3n) is 5.30. The van der Waals surface area contributed by atoms with Crippen molar-refractivity contribution < 1.29 is 18.7 Å².